The van der Waals surface area contributed by atoms with Gasteiger partial charge in [-0.05, 0) is 30.3 Å². The lowest BCUT2D eigenvalue weighted by Gasteiger charge is -2.04. The molecule has 0 aliphatic carbocycles. The molecule has 0 spiro atoms. The van der Waals surface area contributed by atoms with Crippen LogP contribution in [0.25, 0.3) is 10.2 Å². The van der Waals surface area contributed by atoms with Gasteiger partial charge in [-0.1, -0.05) is 39.8 Å². The van der Waals surface area contributed by atoms with Crippen molar-refractivity contribution in [1.82, 2.24) is 10.4 Å². The molecule has 0 saturated carbocycles. The fourth-order valence-corrected chi connectivity index (χ4v) is 4.29. The fraction of sp³-hybridized carbons (Fsp3) is 0.118. The first kappa shape index (κ1) is 17.9. The van der Waals surface area contributed by atoms with Crippen LogP contribution < -0.4 is 10.2 Å². The summed E-state index contributed by atoms with van der Waals surface area (Å²) in [6, 6.07) is 13.5. The van der Waals surface area contributed by atoms with Crippen LogP contribution in [0.3, 0.4) is 0 Å². The van der Waals surface area contributed by atoms with Crippen molar-refractivity contribution in [3.8, 4) is 5.75 Å². The second-order valence-electron chi connectivity index (χ2n) is 4.92. The molecule has 25 heavy (non-hydrogen) atoms. The van der Waals surface area contributed by atoms with Gasteiger partial charge in [-0.2, -0.15) is 5.10 Å². The van der Waals surface area contributed by atoms with Gasteiger partial charge in [0.15, 0.2) is 4.34 Å². The van der Waals surface area contributed by atoms with Gasteiger partial charge in [0.1, 0.15) is 5.75 Å². The number of nitrogens with one attached hydrogen (secondary N) is 1. The quantitative estimate of drug-likeness (QED) is 0.355. The molecule has 3 rings (SSSR count). The molecule has 0 radical (unpaired) electrons. The molecule has 0 unspecified atom stereocenters. The smallest absolute Gasteiger partial charge is 0.250 e. The maximum Gasteiger partial charge on any atom is 0.250 e. The van der Waals surface area contributed by atoms with Crippen molar-refractivity contribution in [2.24, 2.45) is 5.10 Å². The van der Waals surface area contributed by atoms with E-state index < -0.39 is 0 Å². The average Bonchev–Trinajstić information content (AvgIpc) is 3.03. The summed E-state index contributed by atoms with van der Waals surface area (Å²) in [5.41, 5.74) is 4.25. The first-order valence-electron chi connectivity index (χ1n) is 7.29. The van der Waals surface area contributed by atoms with Crippen molar-refractivity contribution in [2.45, 2.75) is 4.34 Å². The zero-order valence-corrected chi connectivity index (χ0v) is 16.5. The Hall–Kier alpha value is -1.90. The SMILES string of the molecule is COc1ccc(Br)cc1/C=N/NC(=O)CSc1nc2ccccc2s1. The molecule has 0 aliphatic rings. The van der Waals surface area contributed by atoms with Gasteiger partial charge in [-0.25, -0.2) is 10.4 Å². The van der Waals surface area contributed by atoms with E-state index in [1.165, 1.54) is 11.8 Å². The lowest BCUT2D eigenvalue weighted by Crippen LogP contribution is -2.19. The van der Waals surface area contributed by atoms with Crippen molar-refractivity contribution in [3.63, 3.8) is 0 Å². The summed E-state index contributed by atoms with van der Waals surface area (Å²) in [6.45, 7) is 0. The molecular formula is C17H14BrN3O2S2. The monoisotopic (exact) mass is 435 g/mol. The summed E-state index contributed by atoms with van der Waals surface area (Å²) in [5, 5.41) is 3.99. The molecule has 1 amide bonds. The first-order valence-corrected chi connectivity index (χ1v) is 9.89. The lowest BCUT2D eigenvalue weighted by molar-refractivity contribution is -0.118. The second-order valence-corrected chi connectivity index (χ2v) is 8.08. The highest BCUT2D eigenvalue weighted by atomic mass is 79.9. The molecule has 128 valence electrons. The van der Waals surface area contributed by atoms with E-state index >= 15 is 0 Å². The molecule has 1 N–H and O–H groups in total. The summed E-state index contributed by atoms with van der Waals surface area (Å²) in [6.07, 6.45) is 1.56. The van der Waals surface area contributed by atoms with Gasteiger partial charge >= 0.3 is 0 Å². The van der Waals surface area contributed by atoms with Gasteiger partial charge in [0.25, 0.3) is 5.91 Å². The van der Waals surface area contributed by atoms with Crippen molar-refractivity contribution < 1.29 is 9.53 Å². The van der Waals surface area contributed by atoms with Crippen LogP contribution in [0.15, 0.2) is 56.4 Å². The highest BCUT2D eigenvalue weighted by Gasteiger charge is 2.07. The Morgan fingerprint density at radius 3 is 3.04 bits per heavy atom. The summed E-state index contributed by atoms with van der Waals surface area (Å²) in [5.74, 6) is 0.756. The van der Waals surface area contributed by atoms with Gasteiger partial charge in [0.05, 0.1) is 29.3 Å². The largest absolute Gasteiger partial charge is 0.496 e. The normalized spacial score (nSPS) is 11.1. The molecule has 2 aromatic carbocycles. The van der Waals surface area contributed by atoms with Crippen molar-refractivity contribution in [2.75, 3.05) is 12.9 Å². The third-order valence-electron chi connectivity index (χ3n) is 3.19. The van der Waals surface area contributed by atoms with Crippen LogP contribution in [-0.4, -0.2) is 30.0 Å². The number of nitrogens with zero attached hydrogens (tertiary/aromatic N) is 2. The zero-order valence-electron chi connectivity index (χ0n) is 13.2. The van der Waals surface area contributed by atoms with E-state index in [-0.39, 0.29) is 11.7 Å². The van der Waals surface area contributed by atoms with Gasteiger partial charge < -0.3 is 4.74 Å². The molecule has 0 fully saturated rings. The molecule has 1 aromatic heterocycles. The Balaban J connectivity index is 1.55. The molecule has 1 heterocycles. The number of rotatable bonds is 6. The third-order valence-corrected chi connectivity index (χ3v) is 5.86. The molecule has 0 aliphatic heterocycles. The zero-order chi connectivity index (χ0) is 17.6. The summed E-state index contributed by atoms with van der Waals surface area (Å²) in [7, 11) is 1.59. The van der Waals surface area contributed by atoms with Gasteiger partial charge in [0.2, 0.25) is 0 Å². The van der Waals surface area contributed by atoms with Gasteiger partial charge in [-0.3, -0.25) is 4.79 Å². The number of thiazole rings is 1. The fourth-order valence-electron chi connectivity index (χ4n) is 2.05. The van der Waals surface area contributed by atoms with E-state index in [0.717, 1.165) is 24.6 Å². The number of amides is 1. The minimum atomic E-state index is -0.186. The van der Waals surface area contributed by atoms with E-state index in [4.69, 9.17) is 4.74 Å². The Labute approximate surface area is 161 Å². The summed E-state index contributed by atoms with van der Waals surface area (Å²) < 4.78 is 8.15. The van der Waals surface area contributed by atoms with Crippen LogP contribution in [-0.2, 0) is 4.79 Å². The molecule has 3 aromatic rings. The molecule has 0 atom stereocenters. The number of hydrazone groups is 1. The van der Waals surface area contributed by atoms with Crippen LogP contribution in [0, 0.1) is 0 Å². The number of para-hydroxylation sites is 1. The third kappa shape index (κ3) is 4.81. The number of hydrogen-bond acceptors (Lipinski definition) is 6. The van der Waals surface area contributed by atoms with E-state index in [9.17, 15) is 4.79 Å². The van der Waals surface area contributed by atoms with E-state index in [1.807, 2.05) is 42.5 Å². The molecular weight excluding hydrogens is 422 g/mol. The molecule has 8 heteroatoms. The Bertz CT molecular complexity index is 894. The van der Waals surface area contributed by atoms with Crippen molar-refractivity contribution in [1.29, 1.82) is 0 Å². The number of fused-ring (bicyclic) bond motifs is 1. The van der Waals surface area contributed by atoms with E-state index in [2.05, 4.69) is 31.4 Å². The van der Waals surface area contributed by atoms with Crippen molar-refractivity contribution >= 4 is 61.4 Å². The van der Waals surface area contributed by atoms with Gasteiger partial charge in [-0.15, -0.1) is 11.3 Å². The maximum atomic E-state index is 11.9. The van der Waals surface area contributed by atoms with Crippen LogP contribution in [0.4, 0.5) is 0 Å². The topological polar surface area (TPSA) is 63.6 Å². The Morgan fingerprint density at radius 1 is 1.40 bits per heavy atom. The number of halogens is 1. The van der Waals surface area contributed by atoms with Crippen LogP contribution in [0.2, 0.25) is 0 Å². The maximum absolute atomic E-state index is 11.9. The van der Waals surface area contributed by atoms with Crippen LogP contribution in [0.1, 0.15) is 5.56 Å². The minimum Gasteiger partial charge on any atom is -0.496 e. The van der Waals surface area contributed by atoms with Crippen LogP contribution >= 0.6 is 39.0 Å². The number of benzene rings is 2. The molecule has 0 saturated heterocycles. The molecule has 0 bridgehead atoms. The number of carbonyl (C=O) groups excluding carboxylic acids is 1. The van der Waals surface area contributed by atoms with Gasteiger partial charge in [0, 0.05) is 10.0 Å². The highest BCUT2D eigenvalue weighted by molar-refractivity contribution is 9.10. The minimum absolute atomic E-state index is 0.186. The van der Waals surface area contributed by atoms with E-state index in [1.54, 1.807) is 24.7 Å². The Morgan fingerprint density at radius 2 is 2.24 bits per heavy atom. The second kappa shape index (κ2) is 8.46. The van der Waals surface area contributed by atoms with E-state index in [0.29, 0.717) is 5.75 Å². The van der Waals surface area contributed by atoms with Crippen LogP contribution in [0.5, 0.6) is 5.75 Å². The number of hydrogen-bond donors (Lipinski definition) is 1. The number of carbonyl (C=O) groups is 1. The summed E-state index contributed by atoms with van der Waals surface area (Å²) in [4.78, 5) is 16.4. The Kier molecular flexibility index (Phi) is 6.06. The predicted molar refractivity (Wildman–Crippen MR) is 107 cm³/mol. The first-order chi connectivity index (χ1) is 12.2. The summed E-state index contributed by atoms with van der Waals surface area (Å²) >= 11 is 6.38. The standard InChI is InChI=1S/C17H14BrN3O2S2/c1-23-14-7-6-12(18)8-11(14)9-19-21-16(22)10-24-17-20-13-4-2-3-5-15(13)25-17/h2-9H,10H2,1H3,(H,21,22)/b19-9+. The molecule has 5 nitrogen and oxygen atoms in total. The average molecular weight is 436 g/mol. The lowest BCUT2D eigenvalue weighted by atomic mass is 10.2. The number of aromatic nitrogens is 1. The highest BCUT2D eigenvalue weighted by Crippen LogP contribution is 2.29. The van der Waals surface area contributed by atoms with Crippen molar-refractivity contribution in [3.05, 3.63) is 52.5 Å². The predicted octanol–water partition coefficient (Wildman–Crippen LogP) is 4.31. The number of ether oxygens (including phenoxy) is 1. The number of methoxy groups -OCH3 is 1. The number of thioether (sulfide) groups is 1.